The van der Waals surface area contributed by atoms with Gasteiger partial charge in [0.2, 0.25) is 0 Å². The predicted molar refractivity (Wildman–Crippen MR) is 114 cm³/mol. The first-order valence-electron chi connectivity index (χ1n) is 9.31. The van der Waals surface area contributed by atoms with Crippen LogP contribution in [-0.2, 0) is 6.54 Å². The van der Waals surface area contributed by atoms with E-state index in [-0.39, 0.29) is 5.84 Å². The molecule has 1 aromatic heterocycles. The molecule has 0 spiro atoms. The Bertz CT molecular complexity index is 1280. The van der Waals surface area contributed by atoms with Crippen LogP contribution in [-0.4, -0.2) is 20.9 Å². The van der Waals surface area contributed by atoms with Crippen molar-refractivity contribution in [3.8, 4) is 11.1 Å². The van der Waals surface area contributed by atoms with Gasteiger partial charge in [0.1, 0.15) is 5.84 Å². The molecule has 0 amide bonds. The predicted octanol–water partition coefficient (Wildman–Crippen LogP) is 3.46. The number of benzene rings is 3. The average molecular weight is 384 g/mol. The number of nitrogens with one attached hydrogen (secondary N) is 1. The van der Waals surface area contributed by atoms with Crippen LogP contribution in [0.5, 0.6) is 0 Å². The van der Waals surface area contributed by atoms with Crippen molar-refractivity contribution >= 4 is 22.8 Å². The van der Waals surface area contributed by atoms with Gasteiger partial charge in [0.05, 0.1) is 11.0 Å². The number of aryl methyl sites for hydroxylation is 1. The zero-order valence-electron chi connectivity index (χ0n) is 15.9. The Morgan fingerprint density at radius 1 is 0.897 bits per heavy atom. The highest BCUT2D eigenvalue weighted by atomic mass is 16.2. The van der Waals surface area contributed by atoms with Gasteiger partial charge < -0.3 is 5.73 Å². The first kappa shape index (κ1) is 18.4. The summed E-state index contributed by atoms with van der Waals surface area (Å²) in [6, 6.07) is 22.1. The van der Waals surface area contributed by atoms with Gasteiger partial charge in [0, 0.05) is 17.7 Å². The van der Waals surface area contributed by atoms with Crippen LogP contribution in [0.25, 0.3) is 22.2 Å². The molecular weight excluding hydrogens is 364 g/mol. The third-order valence-electron chi connectivity index (χ3n) is 5.00. The molecule has 0 aliphatic heterocycles. The zero-order valence-corrected chi connectivity index (χ0v) is 15.9. The molecule has 3 N–H and O–H groups in total. The molecule has 0 saturated heterocycles. The Balaban J connectivity index is 1.82. The summed E-state index contributed by atoms with van der Waals surface area (Å²) in [7, 11) is 0. The molecule has 0 aliphatic rings. The molecule has 4 aromatic rings. The molecule has 6 nitrogen and oxygen atoms in total. The van der Waals surface area contributed by atoms with Gasteiger partial charge in [0.15, 0.2) is 0 Å². The minimum absolute atomic E-state index is 0.116. The van der Waals surface area contributed by atoms with Crippen molar-refractivity contribution in [2.45, 2.75) is 13.5 Å². The quantitative estimate of drug-likeness (QED) is 0.417. The van der Waals surface area contributed by atoms with Crippen molar-refractivity contribution in [2.24, 2.45) is 5.73 Å². The van der Waals surface area contributed by atoms with Crippen LogP contribution < -0.4 is 11.4 Å². The first-order valence-corrected chi connectivity index (χ1v) is 9.31. The fourth-order valence-corrected chi connectivity index (χ4v) is 3.49. The maximum absolute atomic E-state index is 13.2. The van der Waals surface area contributed by atoms with Crippen LogP contribution in [0.2, 0.25) is 0 Å². The number of nitrogens with zero attached hydrogens (tertiary/aromatic N) is 2. The minimum atomic E-state index is -0.410. The average Bonchev–Trinajstić information content (AvgIpc) is 3.04. The monoisotopic (exact) mass is 384 g/mol. The van der Waals surface area contributed by atoms with E-state index in [1.807, 2.05) is 49.4 Å². The smallest absolute Gasteiger partial charge is 0.336 e. The number of hydrogen-bond donors (Lipinski definition) is 2. The van der Waals surface area contributed by atoms with Gasteiger partial charge >= 0.3 is 5.69 Å². The lowest BCUT2D eigenvalue weighted by Gasteiger charge is -2.06. The highest BCUT2D eigenvalue weighted by Gasteiger charge is 2.20. The summed E-state index contributed by atoms with van der Waals surface area (Å²) >= 11 is 0. The largest absolute Gasteiger partial charge is 0.384 e. The molecule has 0 aliphatic carbocycles. The lowest BCUT2D eigenvalue weighted by molar-refractivity contribution is 0.0960. The van der Waals surface area contributed by atoms with Gasteiger partial charge in [-0.05, 0) is 48.4 Å². The summed E-state index contributed by atoms with van der Waals surface area (Å²) in [5.41, 5.74) is 9.19. The third kappa shape index (κ3) is 3.14. The SMILES string of the molecule is CCn1c(=O)n(C(=O)c2ccc(-c3ccccc3)cc2)c2cc(C(=N)N)ccc21. The highest BCUT2D eigenvalue weighted by molar-refractivity contribution is 6.04. The van der Waals surface area contributed by atoms with Gasteiger partial charge in [0.25, 0.3) is 5.91 Å². The number of rotatable bonds is 4. The fraction of sp³-hybridized carbons (Fsp3) is 0.0870. The number of amidine groups is 1. The Kier molecular flexibility index (Phi) is 4.60. The van der Waals surface area contributed by atoms with Gasteiger partial charge in [-0.1, -0.05) is 42.5 Å². The lowest BCUT2D eigenvalue weighted by atomic mass is 10.0. The Labute approximate surface area is 167 Å². The van der Waals surface area contributed by atoms with Crippen molar-refractivity contribution in [3.05, 3.63) is 94.4 Å². The van der Waals surface area contributed by atoms with Crippen molar-refractivity contribution in [1.29, 1.82) is 5.41 Å². The number of nitrogens with two attached hydrogens (primary N) is 1. The maximum atomic E-state index is 13.2. The summed E-state index contributed by atoms with van der Waals surface area (Å²) in [6.07, 6.45) is 0. The molecule has 6 heteroatoms. The topological polar surface area (TPSA) is 93.9 Å². The summed E-state index contributed by atoms with van der Waals surface area (Å²) in [4.78, 5) is 26.1. The Hall–Kier alpha value is -3.93. The molecule has 144 valence electrons. The number of aromatic nitrogens is 2. The number of imidazole rings is 1. The molecule has 0 unspecified atom stereocenters. The molecule has 0 fully saturated rings. The fourth-order valence-electron chi connectivity index (χ4n) is 3.49. The summed E-state index contributed by atoms with van der Waals surface area (Å²) in [5.74, 6) is -0.526. The van der Waals surface area contributed by atoms with E-state index < -0.39 is 11.6 Å². The van der Waals surface area contributed by atoms with E-state index >= 15 is 0 Å². The molecule has 1 heterocycles. The number of hydrogen-bond acceptors (Lipinski definition) is 3. The summed E-state index contributed by atoms with van der Waals surface area (Å²) in [5, 5.41) is 7.66. The van der Waals surface area contributed by atoms with Crippen molar-refractivity contribution in [2.75, 3.05) is 0 Å². The van der Waals surface area contributed by atoms with Crippen molar-refractivity contribution in [1.82, 2.24) is 9.13 Å². The minimum Gasteiger partial charge on any atom is -0.384 e. The molecule has 0 atom stereocenters. The molecule has 0 bridgehead atoms. The molecule has 4 rings (SSSR count). The first-order chi connectivity index (χ1) is 14.0. The van der Waals surface area contributed by atoms with Crippen LogP contribution in [0, 0.1) is 5.41 Å². The van der Waals surface area contributed by atoms with Gasteiger partial charge in [-0.2, -0.15) is 0 Å². The third-order valence-corrected chi connectivity index (χ3v) is 5.00. The maximum Gasteiger partial charge on any atom is 0.336 e. The van der Waals surface area contributed by atoms with Crippen LogP contribution in [0.15, 0.2) is 77.6 Å². The number of carbonyl (C=O) groups is 1. The van der Waals surface area contributed by atoms with Crippen molar-refractivity contribution in [3.63, 3.8) is 0 Å². The van der Waals surface area contributed by atoms with Crippen molar-refractivity contribution < 1.29 is 4.79 Å². The van der Waals surface area contributed by atoms with Crippen LogP contribution in [0.1, 0.15) is 22.8 Å². The standard InChI is InChI=1S/C23H20N4O2/c1-2-26-19-13-12-18(21(24)25)14-20(19)27(23(26)29)22(28)17-10-8-16(9-11-17)15-6-4-3-5-7-15/h3-14H,2H2,1H3,(H3,24,25). The lowest BCUT2D eigenvalue weighted by Crippen LogP contribution is -2.29. The van der Waals surface area contributed by atoms with E-state index in [0.717, 1.165) is 15.7 Å². The summed E-state index contributed by atoms with van der Waals surface area (Å²) < 4.78 is 2.69. The van der Waals surface area contributed by atoms with E-state index in [1.54, 1.807) is 30.3 Å². The second kappa shape index (κ2) is 7.24. The van der Waals surface area contributed by atoms with E-state index in [2.05, 4.69) is 0 Å². The van der Waals surface area contributed by atoms with Gasteiger partial charge in [-0.3, -0.25) is 14.8 Å². The van der Waals surface area contributed by atoms with Gasteiger partial charge in [-0.15, -0.1) is 0 Å². The number of nitrogen functional groups attached to an aromatic ring is 1. The molecule has 0 radical (unpaired) electrons. The van der Waals surface area contributed by atoms with E-state index in [4.69, 9.17) is 11.1 Å². The second-order valence-electron chi connectivity index (χ2n) is 6.73. The van der Waals surface area contributed by atoms with E-state index in [0.29, 0.717) is 28.7 Å². The number of carbonyl (C=O) groups excluding carboxylic acids is 1. The molecule has 0 saturated carbocycles. The normalized spacial score (nSPS) is 10.9. The molecule has 3 aromatic carbocycles. The zero-order chi connectivity index (χ0) is 20.5. The van der Waals surface area contributed by atoms with Crippen LogP contribution >= 0.6 is 0 Å². The number of fused-ring (bicyclic) bond motifs is 1. The van der Waals surface area contributed by atoms with E-state index in [1.165, 1.54) is 4.57 Å². The summed E-state index contributed by atoms with van der Waals surface area (Å²) in [6.45, 7) is 2.28. The van der Waals surface area contributed by atoms with Gasteiger partial charge in [-0.25, -0.2) is 9.36 Å². The van der Waals surface area contributed by atoms with Crippen LogP contribution in [0.3, 0.4) is 0 Å². The Morgan fingerprint density at radius 2 is 1.52 bits per heavy atom. The van der Waals surface area contributed by atoms with E-state index in [9.17, 15) is 9.59 Å². The second-order valence-corrected chi connectivity index (χ2v) is 6.73. The molecule has 29 heavy (non-hydrogen) atoms. The van der Waals surface area contributed by atoms with Crippen LogP contribution in [0.4, 0.5) is 0 Å². The highest BCUT2D eigenvalue weighted by Crippen LogP contribution is 2.21. The molecular formula is C23H20N4O2. The Morgan fingerprint density at radius 3 is 2.14 bits per heavy atom.